The fraction of sp³-hybridized carbons (Fsp3) is 0.167. The van der Waals surface area contributed by atoms with E-state index in [2.05, 4.69) is 41.4 Å². The molecule has 0 fully saturated rings. The Morgan fingerprint density at radius 3 is 1.56 bits per heavy atom. The molecule has 0 saturated carbocycles. The van der Waals surface area contributed by atoms with Gasteiger partial charge in [-0.2, -0.15) is 5.10 Å². The number of rotatable bonds is 6. The lowest BCUT2D eigenvalue weighted by atomic mass is 9.77. The minimum Gasteiger partial charge on any atom is -0.385 e. The highest BCUT2D eigenvalue weighted by Gasteiger charge is 2.39. The van der Waals surface area contributed by atoms with Gasteiger partial charge >= 0.3 is 8.25 Å². The second-order valence-corrected chi connectivity index (χ2v) is 7.63. The molecule has 8 heteroatoms. The van der Waals surface area contributed by atoms with E-state index < -0.39 is 19.9 Å². The molecule has 1 heterocycles. The maximum absolute atomic E-state index is 10.3. The van der Waals surface area contributed by atoms with Crippen LogP contribution in [0.25, 0.3) is 0 Å². The Morgan fingerprint density at radius 2 is 1.22 bits per heavy atom. The topological polar surface area (TPSA) is 108 Å². The predicted octanol–water partition coefficient (Wildman–Crippen LogP) is 3.92. The van der Waals surface area contributed by atoms with Crippen LogP contribution in [0.15, 0.2) is 97.3 Å². The first-order valence-corrected chi connectivity index (χ1v) is 11.5. The fourth-order valence-corrected chi connectivity index (χ4v) is 3.71. The van der Waals surface area contributed by atoms with E-state index in [0.717, 1.165) is 16.7 Å². The monoisotopic (exact) mass is 451 g/mol. The summed E-state index contributed by atoms with van der Waals surface area (Å²) in [5.74, 6) is 0.440. The summed E-state index contributed by atoms with van der Waals surface area (Å²) in [6.45, 7) is 1.92. The molecule has 0 spiro atoms. The van der Waals surface area contributed by atoms with Crippen molar-refractivity contribution < 1.29 is 19.5 Å². The summed E-state index contributed by atoms with van der Waals surface area (Å²) in [7, 11) is -3.13. The molecule has 0 bridgehead atoms. The summed E-state index contributed by atoms with van der Waals surface area (Å²) in [5, 5.41) is 15.0. The first kappa shape index (κ1) is 23.6. The molecule has 3 N–H and O–H groups in total. The molecule has 32 heavy (non-hydrogen) atoms. The fourth-order valence-electron chi connectivity index (χ4n) is 3.71. The van der Waals surface area contributed by atoms with Gasteiger partial charge in [0.1, 0.15) is 18.0 Å². The second kappa shape index (κ2) is 11.0. The Bertz CT molecular complexity index is 1020. The van der Waals surface area contributed by atoms with E-state index in [1.54, 1.807) is 6.33 Å². The third-order valence-corrected chi connectivity index (χ3v) is 5.11. The van der Waals surface area contributed by atoms with Crippen molar-refractivity contribution >= 4 is 8.25 Å². The zero-order chi connectivity index (χ0) is 23.0. The van der Waals surface area contributed by atoms with Crippen LogP contribution in [0, 0.1) is 0 Å². The summed E-state index contributed by atoms with van der Waals surface area (Å²) in [6, 6.07) is 30.9. The Morgan fingerprint density at radius 1 is 0.844 bits per heavy atom. The molecule has 1 unspecified atom stereocenters. The van der Waals surface area contributed by atoms with Crippen molar-refractivity contribution in [3.05, 3.63) is 120 Å². The quantitative estimate of drug-likeness (QED) is 0.303. The molecule has 1 atom stereocenters. The van der Waals surface area contributed by atoms with Crippen molar-refractivity contribution in [1.29, 1.82) is 0 Å². The van der Waals surface area contributed by atoms with Crippen molar-refractivity contribution in [2.75, 3.05) is 0 Å². The summed E-state index contributed by atoms with van der Waals surface area (Å²) in [4.78, 5) is 18.7. The number of nitrogens with zero attached hydrogens (tertiary/aromatic N) is 3. The molecular formula is C24H26N3O4P. The molecule has 0 aliphatic carbocycles. The molecule has 7 nitrogen and oxygen atoms in total. The number of hydrogen-bond acceptors (Lipinski definition) is 4. The summed E-state index contributed by atoms with van der Waals surface area (Å²) < 4.78 is 10.6. The van der Waals surface area contributed by atoms with E-state index in [4.69, 9.17) is 19.5 Å². The van der Waals surface area contributed by atoms with Crippen LogP contribution in [-0.2, 0) is 10.1 Å². The Balaban J connectivity index is 0.000000668. The Labute approximate surface area is 187 Å². The van der Waals surface area contributed by atoms with Crippen LogP contribution in [0.4, 0.5) is 0 Å². The maximum Gasteiger partial charge on any atom is 0.314 e. The van der Waals surface area contributed by atoms with Gasteiger partial charge in [-0.15, -0.1) is 0 Å². The normalized spacial score (nSPS) is 12.2. The van der Waals surface area contributed by atoms with Crippen molar-refractivity contribution in [3.8, 4) is 0 Å². The highest BCUT2D eigenvalue weighted by atomic mass is 31.1. The Hall–Kier alpha value is -3.09. The van der Waals surface area contributed by atoms with Crippen LogP contribution in [0.3, 0.4) is 0 Å². The van der Waals surface area contributed by atoms with Gasteiger partial charge in [-0.3, -0.25) is 4.57 Å². The molecule has 0 aliphatic rings. The molecule has 3 aromatic carbocycles. The van der Waals surface area contributed by atoms with Gasteiger partial charge in [-0.25, -0.2) is 9.67 Å². The molecule has 4 rings (SSSR count). The Kier molecular flexibility index (Phi) is 8.09. The van der Waals surface area contributed by atoms with Crippen LogP contribution in [0.1, 0.15) is 42.0 Å². The van der Waals surface area contributed by atoms with Crippen molar-refractivity contribution in [1.82, 2.24) is 14.8 Å². The van der Waals surface area contributed by atoms with E-state index >= 15 is 0 Å². The number of aliphatic hydroxyl groups is 1. The van der Waals surface area contributed by atoms with Gasteiger partial charge in [0, 0.05) is 0 Å². The lowest BCUT2D eigenvalue weighted by Gasteiger charge is -2.35. The SMILES string of the molecule is CCC(O)c1ncn(C(c2ccccc2)(c2ccccc2)c2ccccc2)n1.O=[PH](O)O. The third kappa shape index (κ3) is 5.03. The maximum atomic E-state index is 10.3. The van der Waals surface area contributed by atoms with Crippen molar-refractivity contribution in [3.63, 3.8) is 0 Å². The minimum atomic E-state index is -3.13. The van der Waals surface area contributed by atoms with Crippen LogP contribution in [0.2, 0.25) is 0 Å². The van der Waals surface area contributed by atoms with Gasteiger partial charge < -0.3 is 14.9 Å². The predicted molar refractivity (Wildman–Crippen MR) is 123 cm³/mol. The van der Waals surface area contributed by atoms with Crippen LogP contribution < -0.4 is 0 Å². The van der Waals surface area contributed by atoms with E-state index in [9.17, 15) is 5.11 Å². The summed E-state index contributed by atoms with van der Waals surface area (Å²) in [6.07, 6.45) is 1.61. The largest absolute Gasteiger partial charge is 0.385 e. The summed E-state index contributed by atoms with van der Waals surface area (Å²) >= 11 is 0. The zero-order valence-electron chi connectivity index (χ0n) is 17.6. The van der Waals surface area contributed by atoms with Gasteiger partial charge in [-0.05, 0) is 23.1 Å². The molecular weight excluding hydrogens is 425 g/mol. The molecule has 0 saturated heterocycles. The highest BCUT2D eigenvalue weighted by Crippen LogP contribution is 2.40. The number of benzene rings is 3. The van der Waals surface area contributed by atoms with Gasteiger partial charge in [0.15, 0.2) is 5.82 Å². The first-order chi connectivity index (χ1) is 15.5. The lowest BCUT2D eigenvalue weighted by Crippen LogP contribution is -2.38. The summed E-state index contributed by atoms with van der Waals surface area (Å²) in [5.41, 5.74) is 2.54. The molecule has 166 valence electrons. The van der Waals surface area contributed by atoms with Crippen LogP contribution in [0.5, 0.6) is 0 Å². The van der Waals surface area contributed by atoms with Crippen molar-refractivity contribution in [2.24, 2.45) is 0 Å². The van der Waals surface area contributed by atoms with Gasteiger partial charge in [0.25, 0.3) is 0 Å². The van der Waals surface area contributed by atoms with Crippen LogP contribution in [-0.4, -0.2) is 29.7 Å². The second-order valence-electron chi connectivity index (χ2n) is 7.06. The average molecular weight is 451 g/mol. The number of aromatic nitrogens is 3. The van der Waals surface area contributed by atoms with E-state index in [1.807, 2.05) is 66.2 Å². The van der Waals surface area contributed by atoms with E-state index in [1.165, 1.54) is 0 Å². The van der Waals surface area contributed by atoms with E-state index in [0.29, 0.717) is 12.2 Å². The van der Waals surface area contributed by atoms with E-state index in [-0.39, 0.29) is 0 Å². The molecule has 0 amide bonds. The van der Waals surface area contributed by atoms with Crippen LogP contribution >= 0.6 is 8.25 Å². The average Bonchev–Trinajstić information content (AvgIpc) is 3.31. The lowest BCUT2D eigenvalue weighted by molar-refractivity contribution is 0.162. The molecule has 0 aliphatic heterocycles. The number of aliphatic hydroxyl groups excluding tert-OH is 1. The van der Waals surface area contributed by atoms with Gasteiger partial charge in [0.05, 0.1) is 0 Å². The number of hydrogen-bond donors (Lipinski definition) is 3. The molecule has 1 aromatic heterocycles. The minimum absolute atomic E-state index is 0.440. The molecule has 0 radical (unpaired) electrons. The highest BCUT2D eigenvalue weighted by molar-refractivity contribution is 7.30. The smallest absolute Gasteiger partial charge is 0.314 e. The van der Waals surface area contributed by atoms with Gasteiger partial charge in [-0.1, -0.05) is 97.9 Å². The first-order valence-electron chi connectivity index (χ1n) is 10.2. The standard InChI is InChI=1S/C24H23N3O.H3O3P/c1-2-22(28)23-25-18-27(26-23)24(19-12-6-3-7-13-19,20-14-8-4-9-15-20)21-16-10-5-11-17-21;1-4(2)3/h3-18,22,28H,2H2,1H3;4H,(H2,1,2,3). The zero-order valence-corrected chi connectivity index (χ0v) is 18.6. The van der Waals surface area contributed by atoms with Gasteiger partial charge in [0.2, 0.25) is 0 Å². The molecule has 4 aromatic rings. The van der Waals surface area contributed by atoms with Crippen molar-refractivity contribution in [2.45, 2.75) is 25.0 Å². The third-order valence-electron chi connectivity index (χ3n) is 5.11.